The molecular weight excluding hydrogens is 329 g/mol. The summed E-state index contributed by atoms with van der Waals surface area (Å²) in [5, 5.41) is 0. The third-order valence-corrected chi connectivity index (χ3v) is 3.01. The van der Waals surface area contributed by atoms with E-state index in [1.165, 1.54) is 12.8 Å². The van der Waals surface area contributed by atoms with Gasteiger partial charge in [0, 0.05) is 12.6 Å². The van der Waals surface area contributed by atoms with Crippen LogP contribution in [-0.2, 0) is 7.05 Å². The minimum atomic E-state index is 0. The number of halogens is 1. The topological polar surface area (TPSA) is 29.1 Å². The number of aromatic nitrogens is 2. The number of imidazole rings is 1. The highest BCUT2D eigenvalue weighted by atomic mass is 127. The molecule has 1 aliphatic rings. The maximum Gasteiger partial charge on any atom is 0.416 e. The first-order chi connectivity index (χ1) is 7.58. The first-order valence-corrected chi connectivity index (χ1v) is 5.92. The van der Waals surface area contributed by atoms with Crippen LogP contribution < -0.4 is 28.5 Å². The van der Waals surface area contributed by atoms with Crippen LogP contribution in [-0.4, -0.2) is 28.1 Å². The quantitative estimate of drug-likeness (QED) is 0.478. The van der Waals surface area contributed by atoms with E-state index in [0.29, 0.717) is 0 Å². The molecule has 0 radical (unpaired) electrons. The lowest BCUT2D eigenvalue weighted by atomic mass is 10.3. The fraction of sp³-hybridized carbons (Fsp3) is 0.667. The van der Waals surface area contributed by atoms with Gasteiger partial charge in [-0.1, -0.05) is 0 Å². The number of hydrogen-bond acceptors (Lipinski definition) is 1. The van der Waals surface area contributed by atoms with E-state index in [1.54, 1.807) is 4.57 Å². The molecule has 0 bridgehead atoms. The summed E-state index contributed by atoms with van der Waals surface area (Å²) in [5.41, 5.74) is 0. The van der Waals surface area contributed by atoms with E-state index in [0.717, 1.165) is 12.5 Å². The summed E-state index contributed by atoms with van der Waals surface area (Å²) in [7, 11) is 1.92. The molecule has 1 aromatic heterocycles. The SMILES string of the molecule is CC(C)N(CC1CC1)C(=O)n1cc[n+](C)c1.[I-]. The van der Waals surface area contributed by atoms with Crippen molar-refractivity contribution in [3.8, 4) is 0 Å². The molecule has 0 spiro atoms. The first-order valence-electron chi connectivity index (χ1n) is 5.92. The van der Waals surface area contributed by atoms with Crippen LogP contribution in [0.25, 0.3) is 0 Å². The van der Waals surface area contributed by atoms with Crippen molar-refractivity contribution in [2.45, 2.75) is 32.7 Å². The van der Waals surface area contributed by atoms with Crippen molar-refractivity contribution >= 4 is 6.03 Å². The largest absolute Gasteiger partial charge is 1.00 e. The normalized spacial score (nSPS) is 14.6. The van der Waals surface area contributed by atoms with Crippen LogP contribution in [0.1, 0.15) is 26.7 Å². The maximum atomic E-state index is 12.2. The molecule has 1 fully saturated rings. The summed E-state index contributed by atoms with van der Waals surface area (Å²) in [6.07, 6.45) is 8.05. The number of aryl methyl sites for hydroxylation is 1. The Balaban J connectivity index is 0.00000144. The van der Waals surface area contributed by atoms with E-state index >= 15 is 0 Å². The van der Waals surface area contributed by atoms with Gasteiger partial charge in [-0.2, -0.15) is 4.57 Å². The first kappa shape index (κ1) is 14.5. The predicted molar refractivity (Wildman–Crippen MR) is 61.0 cm³/mol. The number of rotatable bonds is 3. The number of nitrogens with zero attached hydrogens (tertiary/aromatic N) is 3. The van der Waals surface area contributed by atoms with Gasteiger partial charge in [-0.3, -0.25) is 0 Å². The zero-order chi connectivity index (χ0) is 11.7. The van der Waals surface area contributed by atoms with E-state index < -0.39 is 0 Å². The molecule has 5 heteroatoms. The number of carbonyl (C=O) groups is 1. The third kappa shape index (κ3) is 3.69. The highest BCUT2D eigenvalue weighted by Gasteiger charge is 2.30. The van der Waals surface area contributed by atoms with Crippen LogP contribution in [0.3, 0.4) is 0 Å². The van der Waals surface area contributed by atoms with Crippen LogP contribution in [0.2, 0.25) is 0 Å². The second-order valence-corrected chi connectivity index (χ2v) is 4.96. The standard InChI is InChI=1S/C12H20N3O.HI/c1-10(2)15(8-11-4-5-11)12(16)14-7-6-13(3)9-14;/h6-7,9-11H,4-5,8H2,1-3H3;1H/q+1;/p-1. The molecule has 0 unspecified atom stereocenters. The molecule has 0 aliphatic heterocycles. The van der Waals surface area contributed by atoms with Gasteiger partial charge in [0.1, 0.15) is 12.4 Å². The monoisotopic (exact) mass is 349 g/mol. The van der Waals surface area contributed by atoms with Crippen molar-refractivity contribution < 1.29 is 33.3 Å². The molecule has 96 valence electrons. The average molecular weight is 349 g/mol. The van der Waals surface area contributed by atoms with Crippen LogP contribution in [0, 0.1) is 5.92 Å². The van der Waals surface area contributed by atoms with Crippen LogP contribution in [0.4, 0.5) is 4.79 Å². The van der Waals surface area contributed by atoms with Crippen molar-refractivity contribution in [1.29, 1.82) is 0 Å². The summed E-state index contributed by atoms with van der Waals surface area (Å²) < 4.78 is 3.54. The summed E-state index contributed by atoms with van der Waals surface area (Å²) in [5.74, 6) is 0.732. The van der Waals surface area contributed by atoms with Gasteiger partial charge in [0.2, 0.25) is 0 Å². The van der Waals surface area contributed by atoms with Crippen molar-refractivity contribution in [2.24, 2.45) is 13.0 Å². The summed E-state index contributed by atoms with van der Waals surface area (Å²) in [4.78, 5) is 14.2. The zero-order valence-corrected chi connectivity index (χ0v) is 12.8. The molecule has 0 aromatic carbocycles. The third-order valence-electron chi connectivity index (χ3n) is 3.01. The van der Waals surface area contributed by atoms with E-state index in [2.05, 4.69) is 13.8 Å². The Bertz CT molecular complexity index is 385. The van der Waals surface area contributed by atoms with Gasteiger partial charge in [0.15, 0.2) is 0 Å². The van der Waals surface area contributed by atoms with Gasteiger partial charge in [0.05, 0.1) is 7.05 Å². The van der Waals surface area contributed by atoms with E-state index in [1.807, 2.05) is 35.2 Å². The Hall–Kier alpha value is -0.590. The Kier molecular flexibility index (Phi) is 4.97. The molecule has 1 aromatic rings. The maximum absolute atomic E-state index is 12.2. The van der Waals surface area contributed by atoms with Crippen molar-refractivity contribution in [3.63, 3.8) is 0 Å². The summed E-state index contributed by atoms with van der Waals surface area (Å²) in [6.45, 7) is 5.05. The van der Waals surface area contributed by atoms with Crippen LogP contribution >= 0.6 is 0 Å². The fourth-order valence-electron chi connectivity index (χ4n) is 1.80. The molecule has 1 heterocycles. The molecule has 0 N–H and O–H groups in total. The molecule has 17 heavy (non-hydrogen) atoms. The highest BCUT2D eigenvalue weighted by Crippen LogP contribution is 2.30. The molecular formula is C12H20IN3O. The van der Waals surface area contributed by atoms with E-state index in [9.17, 15) is 4.79 Å². The number of carbonyl (C=O) groups excluding carboxylic acids is 1. The Labute approximate surface area is 120 Å². The highest BCUT2D eigenvalue weighted by molar-refractivity contribution is 5.76. The lowest BCUT2D eigenvalue weighted by Crippen LogP contribution is -3.00. The van der Waals surface area contributed by atoms with E-state index in [4.69, 9.17) is 0 Å². The predicted octanol–water partition coefficient (Wildman–Crippen LogP) is -1.59. The second-order valence-electron chi connectivity index (χ2n) is 4.96. The number of amides is 1. The molecule has 2 rings (SSSR count). The van der Waals surface area contributed by atoms with Crippen molar-refractivity contribution in [2.75, 3.05) is 6.54 Å². The lowest BCUT2D eigenvalue weighted by Gasteiger charge is -2.23. The van der Waals surface area contributed by atoms with Gasteiger partial charge in [-0.15, -0.1) is 0 Å². The van der Waals surface area contributed by atoms with Crippen LogP contribution in [0.5, 0.6) is 0 Å². The molecule has 1 amide bonds. The van der Waals surface area contributed by atoms with Gasteiger partial charge < -0.3 is 28.9 Å². The van der Waals surface area contributed by atoms with Gasteiger partial charge in [-0.05, 0) is 32.6 Å². The van der Waals surface area contributed by atoms with Gasteiger partial charge >= 0.3 is 6.03 Å². The lowest BCUT2D eigenvalue weighted by molar-refractivity contribution is -0.670. The molecule has 0 saturated heterocycles. The Morgan fingerprint density at radius 2 is 2.18 bits per heavy atom. The Morgan fingerprint density at radius 3 is 2.59 bits per heavy atom. The summed E-state index contributed by atoms with van der Waals surface area (Å²) >= 11 is 0. The zero-order valence-electron chi connectivity index (χ0n) is 10.6. The van der Waals surface area contributed by atoms with Crippen molar-refractivity contribution in [1.82, 2.24) is 9.47 Å². The molecule has 0 atom stereocenters. The minimum Gasteiger partial charge on any atom is -1.00 e. The molecule has 4 nitrogen and oxygen atoms in total. The average Bonchev–Trinajstić information content (AvgIpc) is 2.95. The van der Waals surface area contributed by atoms with Crippen LogP contribution in [0.15, 0.2) is 18.7 Å². The van der Waals surface area contributed by atoms with Gasteiger partial charge in [-0.25, -0.2) is 9.36 Å². The van der Waals surface area contributed by atoms with E-state index in [-0.39, 0.29) is 36.0 Å². The second kappa shape index (κ2) is 5.84. The summed E-state index contributed by atoms with van der Waals surface area (Å²) in [6, 6.07) is 0.350. The number of hydrogen-bond donors (Lipinski definition) is 0. The fourth-order valence-corrected chi connectivity index (χ4v) is 1.80. The molecule has 1 aliphatic carbocycles. The Morgan fingerprint density at radius 1 is 1.53 bits per heavy atom. The smallest absolute Gasteiger partial charge is 0.416 e. The molecule has 1 saturated carbocycles. The minimum absolute atomic E-state index is 0. The van der Waals surface area contributed by atoms with Crippen molar-refractivity contribution in [3.05, 3.63) is 18.7 Å². The van der Waals surface area contributed by atoms with Gasteiger partial charge in [0.25, 0.3) is 6.33 Å².